The lowest BCUT2D eigenvalue weighted by Gasteiger charge is -2.05. The molecule has 0 aromatic carbocycles. The Kier molecular flexibility index (Phi) is 1.34. The van der Waals surface area contributed by atoms with E-state index in [2.05, 4.69) is 0 Å². The molecular weight excluding hydrogens is 118 g/mol. The first kappa shape index (κ1) is 6.01. The fourth-order valence-corrected chi connectivity index (χ4v) is 0.558. The summed E-state index contributed by atoms with van der Waals surface area (Å²) in [6.45, 7) is 0. The molecule has 1 N–H and O–H groups in total. The molecule has 0 saturated heterocycles. The summed E-state index contributed by atoms with van der Waals surface area (Å²) in [6, 6.07) is 3.21. The highest BCUT2D eigenvalue weighted by molar-refractivity contribution is 5.35. The SMILES string of the molecule is CN(C)c1ccc(O)o1. The molecule has 1 aromatic heterocycles. The first-order valence-corrected chi connectivity index (χ1v) is 2.66. The lowest BCUT2D eigenvalue weighted by atomic mass is 10.6. The van der Waals surface area contributed by atoms with Crippen LogP contribution in [0.2, 0.25) is 0 Å². The van der Waals surface area contributed by atoms with E-state index in [4.69, 9.17) is 9.52 Å². The second-order valence-electron chi connectivity index (χ2n) is 2.01. The van der Waals surface area contributed by atoms with Crippen LogP contribution in [0.4, 0.5) is 5.88 Å². The Morgan fingerprint density at radius 3 is 2.33 bits per heavy atom. The average Bonchev–Trinajstić information content (AvgIpc) is 2.14. The van der Waals surface area contributed by atoms with Gasteiger partial charge in [0.05, 0.1) is 0 Å². The molecule has 0 atom stereocenters. The average molecular weight is 127 g/mol. The number of hydrogen-bond acceptors (Lipinski definition) is 3. The van der Waals surface area contributed by atoms with Gasteiger partial charge in [0.25, 0.3) is 5.95 Å². The minimum absolute atomic E-state index is 0.0429. The van der Waals surface area contributed by atoms with E-state index in [9.17, 15) is 0 Å². The van der Waals surface area contributed by atoms with Crippen molar-refractivity contribution < 1.29 is 9.52 Å². The van der Waals surface area contributed by atoms with Crippen LogP contribution in [0.25, 0.3) is 0 Å². The van der Waals surface area contributed by atoms with E-state index in [1.807, 2.05) is 14.1 Å². The van der Waals surface area contributed by atoms with Crippen molar-refractivity contribution in [3.05, 3.63) is 12.1 Å². The lowest BCUT2D eigenvalue weighted by Crippen LogP contribution is -2.06. The van der Waals surface area contributed by atoms with Gasteiger partial charge in [-0.1, -0.05) is 0 Å². The zero-order valence-corrected chi connectivity index (χ0v) is 5.46. The third-order valence-electron chi connectivity index (χ3n) is 1.02. The molecule has 0 spiro atoms. The summed E-state index contributed by atoms with van der Waals surface area (Å²) in [6.07, 6.45) is 0. The third kappa shape index (κ3) is 1.16. The molecule has 0 aliphatic rings. The van der Waals surface area contributed by atoms with Crippen LogP contribution in [-0.2, 0) is 0 Å². The molecule has 0 fully saturated rings. The van der Waals surface area contributed by atoms with E-state index in [1.54, 1.807) is 11.0 Å². The molecule has 1 rings (SSSR count). The normalized spacial score (nSPS) is 9.56. The Labute approximate surface area is 53.5 Å². The quantitative estimate of drug-likeness (QED) is 0.612. The number of rotatable bonds is 1. The molecule has 0 aliphatic carbocycles. The van der Waals surface area contributed by atoms with Crippen molar-refractivity contribution in [2.45, 2.75) is 0 Å². The van der Waals surface area contributed by atoms with Crippen molar-refractivity contribution in [3.63, 3.8) is 0 Å². The molecule has 9 heavy (non-hydrogen) atoms. The molecule has 3 heteroatoms. The molecule has 0 saturated carbocycles. The Morgan fingerprint density at radius 2 is 2.11 bits per heavy atom. The molecule has 0 unspecified atom stereocenters. The van der Waals surface area contributed by atoms with Gasteiger partial charge in [-0.15, -0.1) is 0 Å². The summed E-state index contributed by atoms with van der Waals surface area (Å²) in [5.74, 6) is 0.617. The second kappa shape index (κ2) is 2.01. The maximum Gasteiger partial charge on any atom is 0.283 e. The number of hydrogen-bond donors (Lipinski definition) is 1. The predicted octanol–water partition coefficient (Wildman–Crippen LogP) is 1.05. The smallest absolute Gasteiger partial charge is 0.283 e. The summed E-state index contributed by atoms with van der Waals surface area (Å²) < 4.78 is 4.83. The molecule has 50 valence electrons. The van der Waals surface area contributed by atoms with Crippen LogP contribution in [-0.4, -0.2) is 19.2 Å². The number of aromatic hydroxyl groups is 1. The minimum atomic E-state index is -0.0429. The maximum absolute atomic E-state index is 8.71. The van der Waals surface area contributed by atoms with E-state index in [0.717, 1.165) is 0 Å². The van der Waals surface area contributed by atoms with E-state index >= 15 is 0 Å². The van der Waals surface area contributed by atoms with Gasteiger partial charge in [0.15, 0.2) is 5.88 Å². The Balaban J connectivity index is 2.85. The summed E-state index contributed by atoms with van der Waals surface area (Å²) in [7, 11) is 3.69. The fraction of sp³-hybridized carbons (Fsp3) is 0.333. The number of furan rings is 1. The van der Waals surface area contributed by atoms with E-state index in [0.29, 0.717) is 5.88 Å². The molecule has 3 nitrogen and oxygen atoms in total. The van der Waals surface area contributed by atoms with Crippen LogP contribution in [0, 0.1) is 0 Å². The summed E-state index contributed by atoms with van der Waals surface area (Å²) >= 11 is 0. The molecule has 0 amide bonds. The van der Waals surface area contributed by atoms with E-state index in [-0.39, 0.29) is 5.95 Å². The molecule has 0 aliphatic heterocycles. The van der Waals surface area contributed by atoms with Gasteiger partial charge >= 0.3 is 0 Å². The van der Waals surface area contributed by atoms with Gasteiger partial charge in [-0.3, -0.25) is 0 Å². The van der Waals surface area contributed by atoms with Crippen molar-refractivity contribution >= 4 is 5.88 Å². The fourth-order valence-electron chi connectivity index (χ4n) is 0.558. The highest BCUT2D eigenvalue weighted by Gasteiger charge is 1.99. The minimum Gasteiger partial charge on any atom is -0.481 e. The first-order chi connectivity index (χ1) is 4.20. The van der Waals surface area contributed by atoms with Crippen LogP contribution >= 0.6 is 0 Å². The van der Waals surface area contributed by atoms with Gasteiger partial charge in [-0.05, 0) is 0 Å². The molecule has 1 aromatic rings. The highest BCUT2D eigenvalue weighted by Crippen LogP contribution is 2.19. The van der Waals surface area contributed by atoms with Gasteiger partial charge < -0.3 is 14.4 Å². The highest BCUT2D eigenvalue weighted by atomic mass is 16.5. The van der Waals surface area contributed by atoms with Crippen molar-refractivity contribution in [1.82, 2.24) is 0 Å². The van der Waals surface area contributed by atoms with Crippen LogP contribution in [0.15, 0.2) is 16.5 Å². The van der Waals surface area contributed by atoms with Gasteiger partial charge in [-0.2, -0.15) is 0 Å². The van der Waals surface area contributed by atoms with E-state index in [1.165, 1.54) is 6.07 Å². The largest absolute Gasteiger partial charge is 0.481 e. The predicted molar refractivity (Wildman–Crippen MR) is 34.7 cm³/mol. The first-order valence-electron chi connectivity index (χ1n) is 2.66. The van der Waals surface area contributed by atoms with Gasteiger partial charge in [0.1, 0.15) is 0 Å². The summed E-state index contributed by atoms with van der Waals surface area (Å²) in [4.78, 5) is 1.78. The lowest BCUT2D eigenvalue weighted by molar-refractivity contribution is 0.335. The van der Waals surface area contributed by atoms with Gasteiger partial charge in [0.2, 0.25) is 0 Å². The zero-order chi connectivity index (χ0) is 6.85. The standard InChI is InChI=1S/C6H9NO2/c1-7(2)5-3-4-6(8)9-5/h3-4,8H,1-2H3. The van der Waals surface area contributed by atoms with Crippen LogP contribution in [0.3, 0.4) is 0 Å². The third-order valence-corrected chi connectivity index (χ3v) is 1.02. The van der Waals surface area contributed by atoms with Crippen LogP contribution < -0.4 is 4.90 Å². The van der Waals surface area contributed by atoms with Gasteiger partial charge in [0, 0.05) is 26.2 Å². The van der Waals surface area contributed by atoms with E-state index < -0.39 is 0 Å². The second-order valence-corrected chi connectivity index (χ2v) is 2.01. The molecule has 1 heterocycles. The monoisotopic (exact) mass is 127 g/mol. The van der Waals surface area contributed by atoms with Crippen molar-refractivity contribution in [2.75, 3.05) is 19.0 Å². The van der Waals surface area contributed by atoms with Crippen LogP contribution in [0.5, 0.6) is 5.95 Å². The zero-order valence-electron chi connectivity index (χ0n) is 5.46. The Morgan fingerprint density at radius 1 is 1.44 bits per heavy atom. The molecule has 0 bridgehead atoms. The number of anilines is 1. The number of nitrogens with zero attached hydrogens (tertiary/aromatic N) is 1. The molecule has 0 radical (unpaired) electrons. The van der Waals surface area contributed by atoms with Crippen molar-refractivity contribution in [2.24, 2.45) is 0 Å². The van der Waals surface area contributed by atoms with Gasteiger partial charge in [-0.25, -0.2) is 0 Å². The van der Waals surface area contributed by atoms with Crippen molar-refractivity contribution in [3.8, 4) is 5.95 Å². The summed E-state index contributed by atoms with van der Waals surface area (Å²) in [5, 5.41) is 8.71. The van der Waals surface area contributed by atoms with Crippen molar-refractivity contribution in [1.29, 1.82) is 0 Å². The summed E-state index contributed by atoms with van der Waals surface area (Å²) in [5.41, 5.74) is 0. The maximum atomic E-state index is 8.71. The molecular formula is C6H9NO2. The Hall–Kier alpha value is -1.12. The van der Waals surface area contributed by atoms with Crippen LogP contribution in [0.1, 0.15) is 0 Å². The Bertz CT molecular complexity index is 193. The topological polar surface area (TPSA) is 36.6 Å².